The van der Waals surface area contributed by atoms with Crippen LogP contribution in [0.3, 0.4) is 0 Å². The number of rotatable bonds is 13. The zero-order chi connectivity index (χ0) is 19.6. The number of hydrogen-bond acceptors (Lipinski definition) is 3. The largest absolute Gasteiger partial charge is 0.478 e. The van der Waals surface area contributed by atoms with Gasteiger partial charge < -0.3 is 10.2 Å². The topological polar surface area (TPSA) is 74.6 Å². The third-order valence-corrected chi connectivity index (χ3v) is 5.86. The number of hydrogen-bond donors (Lipinski definition) is 2. The summed E-state index contributed by atoms with van der Waals surface area (Å²) in [6.45, 7) is 5.70. The van der Waals surface area contributed by atoms with E-state index in [0.717, 1.165) is 70.6 Å². The predicted molar refractivity (Wildman–Crippen MR) is 105 cm³/mol. The highest BCUT2D eigenvalue weighted by molar-refractivity contribution is 5.85. The second-order valence-corrected chi connectivity index (χ2v) is 8.34. The van der Waals surface area contributed by atoms with Crippen LogP contribution < -0.4 is 0 Å². The van der Waals surface area contributed by atoms with Crippen LogP contribution in [0.2, 0.25) is 0 Å². The zero-order valence-electron chi connectivity index (χ0n) is 16.9. The summed E-state index contributed by atoms with van der Waals surface area (Å²) in [5, 5.41) is 19.2. The van der Waals surface area contributed by atoms with E-state index < -0.39 is 11.6 Å². The lowest BCUT2D eigenvalue weighted by molar-refractivity contribution is -0.132. The number of carboxylic acids is 1. The molecule has 1 unspecified atom stereocenters. The first-order valence-corrected chi connectivity index (χ1v) is 10.4. The van der Waals surface area contributed by atoms with Crippen LogP contribution in [-0.4, -0.2) is 27.6 Å². The van der Waals surface area contributed by atoms with Crippen molar-refractivity contribution in [1.82, 2.24) is 0 Å². The Kier molecular flexibility index (Phi) is 10.1. The minimum Gasteiger partial charge on any atom is -0.478 e. The van der Waals surface area contributed by atoms with Crippen molar-refractivity contribution >= 4 is 11.8 Å². The van der Waals surface area contributed by atoms with Gasteiger partial charge in [0.05, 0.1) is 5.60 Å². The molecule has 2 N–H and O–H groups in total. The van der Waals surface area contributed by atoms with E-state index in [1.807, 2.05) is 6.92 Å². The number of carbonyl (C=O) groups is 2. The SMILES string of the molecule is CCCCC(C)(O)CCC[C@H]1CCC(=O)[C@@H]1CCCCC=C(C)C(=O)O. The molecule has 0 aromatic carbocycles. The summed E-state index contributed by atoms with van der Waals surface area (Å²) in [5.41, 5.74) is -0.169. The lowest BCUT2D eigenvalue weighted by Crippen LogP contribution is -2.24. The number of carbonyl (C=O) groups excluding carboxylic acids is 1. The maximum Gasteiger partial charge on any atom is 0.330 e. The van der Waals surface area contributed by atoms with Crippen LogP contribution in [0.1, 0.15) is 97.8 Å². The third-order valence-electron chi connectivity index (χ3n) is 5.86. The fourth-order valence-corrected chi connectivity index (χ4v) is 4.06. The Labute approximate surface area is 159 Å². The van der Waals surface area contributed by atoms with Crippen molar-refractivity contribution in [2.24, 2.45) is 11.8 Å². The van der Waals surface area contributed by atoms with Crippen molar-refractivity contribution in [3.05, 3.63) is 11.6 Å². The molecule has 1 fully saturated rings. The molecule has 0 spiro atoms. The number of aliphatic carboxylic acids is 1. The van der Waals surface area contributed by atoms with Gasteiger partial charge in [0.2, 0.25) is 0 Å². The quantitative estimate of drug-likeness (QED) is 0.343. The molecule has 0 aromatic heterocycles. The minimum atomic E-state index is -0.856. The normalized spacial score (nSPS) is 23.2. The first kappa shape index (κ1) is 22.9. The van der Waals surface area contributed by atoms with Gasteiger partial charge in [-0.15, -0.1) is 0 Å². The first-order valence-electron chi connectivity index (χ1n) is 10.4. The summed E-state index contributed by atoms with van der Waals surface area (Å²) < 4.78 is 0. The van der Waals surface area contributed by atoms with Gasteiger partial charge in [0.15, 0.2) is 0 Å². The van der Waals surface area contributed by atoms with Gasteiger partial charge in [0, 0.05) is 17.9 Å². The van der Waals surface area contributed by atoms with Crippen molar-refractivity contribution in [3.63, 3.8) is 0 Å². The molecule has 1 aliphatic rings. The Hall–Kier alpha value is -1.16. The first-order chi connectivity index (χ1) is 12.3. The molecule has 0 bridgehead atoms. The van der Waals surface area contributed by atoms with Gasteiger partial charge in [0.25, 0.3) is 0 Å². The van der Waals surface area contributed by atoms with Crippen LogP contribution in [0.15, 0.2) is 11.6 Å². The highest BCUT2D eigenvalue weighted by atomic mass is 16.4. The number of unbranched alkanes of at least 4 members (excludes halogenated alkanes) is 3. The van der Waals surface area contributed by atoms with E-state index in [1.165, 1.54) is 0 Å². The molecular weight excluding hydrogens is 328 g/mol. The second-order valence-electron chi connectivity index (χ2n) is 8.34. The highest BCUT2D eigenvalue weighted by Crippen LogP contribution is 2.37. The third kappa shape index (κ3) is 8.48. The molecule has 1 rings (SSSR count). The Balaban J connectivity index is 2.32. The molecule has 1 aliphatic carbocycles. The summed E-state index contributed by atoms with van der Waals surface area (Å²) in [4.78, 5) is 23.0. The van der Waals surface area contributed by atoms with Crippen molar-refractivity contribution in [3.8, 4) is 0 Å². The van der Waals surface area contributed by atoms with Gasteiger partial charge in [-0.1, -0.05) is 38.7 Å². The number of ketones is 1. The maximum absolute atomic E-state index is 12.2. The predicted octanol–water partition coefficient (Wildman–Crippen LogP) is 5.28. The minimum absolute atomic E-state index is 0.181. The summed E-state index contributed by atoms with van der Waals surface area (Å²) >= 11 is 0. The van der Waals surface area contributed by atoms with E-state index in [0.29, 0.717) is 23.7 Å². The zero-order valence-corrected chi connectivity index (χ0v) is 16.9. The van der Waals surface area contributed by atoms with Gasteiger partial charge in [-0.2, -0.15) is 0 Å². The van der Waals surface area contributed by atoms with Crippen LogP contribution in [0.5, 0.6) is 0 Å². The maximum atomic E-state index is 12.2. The molecule has 150 valence electrons. The van der Waals surface area contributed by atoms with Gasteiger partial charge >= 0.3 is 5.97 Å². The summed E-state index contributed by atoms with van der Waals surface area (Å²) in [6.07, 6.45) is 13.0. The van der Waals surface area contributed by atoms with Gasteiger partial charge in [-0.3, -0.25) is 4.79 Å². The van der Waals surface area contributed by atoms with E-state index >= 15 is 0 Å². The number of aliphatic hydroxyl groups is 1. The monoisotopic (exact) mass is 366 g/mol. The van der Waals surface area contributed by atoms with Gasteiger partial charge in [-0.25, -0.2) is 4.79 Å². The Bertz CT molecular complexity index is 479. The number of allylic oxidation sites excluding steroid dienone is 1. The number of carboxylic acid groups (broad SMARTS) is 1. The molecule has 4 heteroatoms. The van der Waals surface area contributed by atoms with Crippen LogP contribution >= 0.6 is 0 Å². The molecule has 4 nitrogen and oxygen atoms in total. The lowest BCUT2D eigenvalue weighted by Gasteiger charge is -2.25. The van der Waals surface area contributed by atoms with E-state index in [9.17, 15) is 14.7 Å². The van der Waals surface area contributed by atoms with E-state index in [4.69, 9.17) is 5.11 Å². The van der Waals surface area contributed by atoms with Crippen LogP contribution in [0.4, 0.5) is 0 Å². The molecule has 0 saturated heterocycles. The molecule has 0 aliphatic heterocycles. The Morgan fingerprint density at radius 1 is 1.19 bits per heavy atom. The summed E-state index contributed by atoms with van der Waals surface area (Å²) in [7, 11) is 0. The van der Waals surface area contributed by atoms with Crippen LogP contribution in [-0.2, 0) is 9.59 Å². The molecular formula is C22H38O4. The van der Waals surface area contributed by atoms with Crippen molar-refractivity contribution < 1.29 is 19.8 Å². The highest BCUT2D eigenvalue weighted by Gasteiger charge is 2.33. The average Bonchev–Trinajstić information content (AvgIpc) is 2.92. The lowest BCUT2D eigenvalue weighted by atomic mass is 9.84. The molecule has 0 aromatic rings. The summed E-state index contributed by atoms with van der Waals surface area (Å²) in [5.74, 6) is 0.205. The molecule has 0 heterocycles. The molecule has 0 radical (unpaired) electrons. The number of Topliss-reactive ketones (excluding diaryl/α,β-unsaturated/α-hetero) is 1. The Morgan fingerprint density at radius 3 is 2.54 bits per heavy atom. The second kappa shape index (κ2) is 11.5. The van der Waals surface area contributed by atoms with Crippen molar-refractivity contribution in [1.29, 1.82) is 0 Å². The van der Waals surface area contributed by atoms with E-state index in [2.05, 4.69) is 6.92 Å². The van der Waals surface area contributed by atoms with E-state index in [-0.39, 0.29) is 5.92 Å². The molecule has 26 heavy (non-hydrogen) atoms. The fraction of sp³-hybridized carbons (Fsp3) is 0.818. The van der Waals surface area contributed by atoms with Crippen LogP contribution in [0.25, 0.3) is 0 Å². The Morgan fingerprint density at radius 2 is 1.88 bits per heavy atom. The van der Waals surface area contributed by atoms with Gasteiger partial charge in [-0.05, 0) is 64.7 Å². The van der Waals surface area contributed by atoms with Crippen LogP contribution in [0, 0.1) is 11.8 Å². The molecule has 1 saturated carbocycles. The molecule has 0 amide bonds. The van der Waals surface area contributed by atoms with Crippen molar-refractivity contribution in [2.45, 2.75) is 103 Å². The van der Waals surface area contributed by atoms with Crippen molar-refractivity contribution in [2.75, 3.05) is 0 Å². The smallest absolute Gasteiger partial charge is 0.330 e. The average molecular weight is 367 g/mol. The fourth-order valence-electron chi connectivity index (χ4n) is 4.06. The van der Waals surface area contributed by atoms with E-state index in [1.54, 1.807) is 13.0 Å². The molecule has 3 atom stereocenters. The summed E-state index contributed by atoms with van der Waals surface area (Å²) in [6, 6.07) is 0. The van der Waals surface area contributed by atoms with Gasteiger partial charge in [0.1, 0.15) is 5.78 Å². The standard InChI is InChI=1S/C22H38O4/c1-4-5-15-22(3,26)16-9-11-18-13-14-20(23)19(18)12-8-6-7-10-17(2)21(24)25/h10,18-19,26H,4-9,11-16H2,1-3H3,(H,24,25)/t18-,19+,22?/m0/s1.